The highest BCUT2D eigenvalue weighted by atomic mass is 16.5. The first kappa shape index (κ1) is 20.1. The van der Waals surface area contributed by atoms with Gasteiger partial charge >= 0.3 is 5.97 Å². The number of carboxylic acid groups (broad SMARTS) is 1. The van der Waals surface area contributed by atoms with E-state index in [9.17, 15) is 9.59 Å². The van der Waals surface area contributed by atoms with Crippen molar-refractivity contribution in [3.05, 3.63) is 60.2 Å². The van der Waals surface area contributed by atoms with Crippen LogP contribution in [0.1, 0.15) is 30.7 Å². The van der Waals surface area contributed by atoms with Gasteiger partial charge in [0.25, 0.3) is 0 Å². The molecule has 150 valence electrons. The largest absolute Gasteiger partial charge is 0.481 e. The molecule has 1 amide bonds. The summed E-state index contributed by atoms with van der Waals surface area (Å²) in [7, 11) is 0. The molecule has 0 aliphatic rings. The number of nitrogens with zero attached hydrogens (tertiary/aromatic N) is 4. The Kier molecular flexibility index (Phi) is 6.99. The van der Waals surface area contributed by atoms with Crippen LogP contribution in [0.2, 0.25) is 0 Å². The van der Waals surface area contributed by atoms with Crippen molar-refractivity contribution in [1.82, 2.24) is 25.4 Å². The van der Waals surface area contributed by atoms with Crippen molar-refractivity contribution in [2.45, 2.75) is 38.1 Å². The van der Waals surface area contributed by atoms with Gasteiger partial charge in [-0.3, -0.25) is 9.59 Å². The maximum absolute atomic E-state index is 12.4. The Hall–Kier alpha value is -3.62. The molecule has 3 rings (SSSR count). The van der Waals surface area contributed by atoms with E-state index < -0.39 is 5.97 Å². The molecule has 0 aliphatic heterocycles. The number of nitrogens with one attached hydrogen (secondary N) is 1. The number of hydrogen-bond donors (Lipinski definition) is 2. The summed E-state index contributed by atoms with van der Waals surface area (Å²) < 4.78 is 5.15. The number of carboxylic acids is 1. The molecule has 0 bridgehead atoms. The molecule has 1 unspecified atom stereocenters. The van der Waals surface area contributed by atoms with E-state index in [1.165, 1.54) is 0 Å². The number of rotatable bonds is 10. The van der Waals surface area contributed by atoms with E-state index in [-0.39, 0.29) is 37.0 Å². The van der Waals surface area contributed by atoms with Gasteiger partial charge in [-0.1, -0.05) is 35.5 Å². The third kappa shape index (κ3) is 6.49. The number of aryl methyl sites for hydroxylation is 1. The van der Waals surface area contributed by atoms with Crippen molar-refractivity contribution < 1.29 is 19.2 Å². The molecule has 0 saturated heterocycles. The standard InChI is InChI=1S/C20H21N5O4/c26-16(8-9-17-24-20(25-29-17)19-21-11-4-12-22-19)23-15(7-10-18(27)28)13-14-5-2-1-3-6-14/h1-6,11-12,15H,7-10,13H2,(H,23,26)(H,27,28). The van der Waals surface area contributed by atoms with Crippen molar-refractivity contribution in [2.75, 3.05) is 0 Å². The molecular formula is C20H21N5O4. The zero-order valence-electron chi connectivity index (χ0n) is 15.7. The minimum absolute atomic E-state index is 0.0120. The molecule has 0 fully saturated rings. The normalized spacial score (nSPS) is 11.7. The van der Waals surface area contributed by atoms with Crippen molar-refractivity contribution in [2.24, 2.45) is 0 Å². The van der Waals surface area contributed by atoms with E-state index in [2.05, 4.69) is 25.4 Å². The third-order valence-electron chi connectivity index (χ3n) is 4.20. The molecule has 2 aromatic heterocycles. The lowest BCUT2D eigenvalue weighted by atomic mass is 10.0. The summed E-state index contributed by atoms with van der Waals surface area (Å²) in [6.45, 7) is 0. The van der Waals surface area contributed by atoms with Gasteiger partial charge in [-0.25, -0.2) is 9.97 Å². The number of amides is 1. The molecule has 0 spiro atoms. The van der Waals surface area contributed by atoms with Gasteiger partial charge in [-0.2, -0.15) is 4.98 Å². The van der Waals surface area contributed by atoms with E-state index in [1.54, 1.807) is 18.5 Å². The molecule has 29 heavy (non-hydrogen) atoms. The predicted octanol–water partition coefficient (Wildman–Crippen LogP) is 2.05. The van der Waals surface area contributed by atoms with Crippen LogP contribution in [-0.4, -0.2) is 43.1 Å². The SMILES string of the molecule is O=C(O)CCC(Cc1ccccc1)NC(=O)CCc1nc(-c2ncccn2)no1. The van der Waals surface area contributed by atoms with Crippen LogP contribution in [-0.2, 0) is 22.4 Å². The lowest BCUT2D eigenvalue weighted by Crippen LogP contribution is -2.37. The topological polar surface area (TPSA) is 131 Å². The van der Waals surface area contributed by atoms with Crippen LogP contribution in [0, 0.1) is 0 Å². The summed E-state index contributed by atoms with van der Waals surface area (Å²) in [5.74, 6) is -0.161. The average molecular weight is 395 g/mol. The summed E-state index contributed by atoms with van der Waals surface area (Å²) in [6.07, 6.45) is 4.48. The summed E-state index contributed by atoms with van der Waals surface area (Å²) in [6, 6.07) is 11.1. The summed E-state index contributed by atoms with van der Waals surface area (Å²) >= 11 is 0. The molecule has 2 heterocycles. The lowest BCUT2D eigenvalue weighted by molar-refractivity contribution is -0.137. The number of aromatic nitrogens is 4. The number of hydrogen-bond acceptors (Lipinski definition) is 7. The number of carbonyl (C=O) groups excluding carboxylic acids is 1. The van der Waals surface area contributed by atoms with E-state index in [4.69, 9.17) is 9.63 Å². The van der Waals surface area contributed by atoms with Crippen molar-refractivity contribution in [1.29, 1.82) is 0 Å². The quantitative estimate of drug-likeness (QED) is 0.533. The number of benzene rings is 1. The van der Waals surface area contributed by atoms with Gasteiger partial charge < -0.3 is 14.9 Å². The van der Waals surface area contributed by atoms with Gasteiger partial charge in [0.15, 0.2) is 0 Å². The maximum atomic E-state index is 12.4. The molecule has 1 atom stereocenters. The molecule has 2 N–H and O–H groups in total. The molecule has 1 aromatic carbocycles. The number of carbonyl (C=O) groups is 2. The van der Waals surface area contributed by atoms with Gasteiger partial charge in [0, 0.05) is 37.7 Å². The van der Waals surface area contributed by atoms with Crippen molar-refractivity contribution >= 4 is 11.9 Å². The fourth-order valence-corrected chi connectivity index (χ4v) is 2.80. The van der Waals surface area contributed by atoms with Crippen molar-refractivity contribution in [3.8, 4) is 11.6 Å². The fraction of sp³-hybridized carbons (Fsp3) is 0.300. The van der Waals surface area contributed by atoms with Crippen LogP contribution in [0.5, 0.6) is 0 Å². The Balaban J connectivity index is 1.54. The zero-order chi connectivity index (χ0) is 20.5. The smallest absolute Gasteiger partial charge is 0.303 e. The summed E-state index contributed by atoms with van der Waals surface area (Å²) in [5, 5.41) is 15.7. The molecule has 0 radical (unpaired) electrons. The molecular weight excluding hydrogens is 374 g/mol. The lowest BCUT2D eigenvalue weighted by Gasteiger charge is -2.18. The maximum Gasteiger partial charge on any atom is 0.303 e. The van der Waals surface area contributed by atoms with Gasteiger partial charge in [-0.05, 0) is 24.5 Å². The first-order valence-corrected chi connectivity index (χ1v) is 9.25. The van der Waals surface area contributed by atoms with Crippen LogP contribution in [0.15, 0.2) is 53.3 Å². The van der Waals surface area contributed by atoms with Gasteiger partial charge in [0.2, 0.25) is 23.4 Å². The highest BCUT2D eigenvalue weighted by Crippen LogP contribution is 2.11. The fourth-order valence-electron chi connectivity index (χ4n) is 2.80. The van der Waals surface area contributed by atoms with Crippen LogP contribution in [0.25, 0.3) is 11.6 Å². The van der Waals surface area contributed by atoms with Crippen LogP contribution >= 0.6 is 0 Å². The second kappa shape index (κ2) is 10.1. The Labute approximate surface area is 167 Å². The molecule has 0 saturated carbocycles. The monoisotopic (exact) mass is 395 g/mol. The van der Waals surface area contributed by atoms with Gasteiger partial charge in [0.1, 0.15) is 0 Å². The molecule has 9 heteroatoms. The van der Waals surface area contributed by atoms with Crippen LogP contribution in [0.3, 0.4) is 0 Å². The first-order chi connectivity index (χ1) is 14.1. The second-order valence-electron chi connectivity index (χ2n) is 6.47. The second-order valence-corrected chi connectivity index (χ2v) is 6.47. The Morgan fingerprint density at radius 1 is 1.03 bits per heavy atom. The molecule has 3 aromatic rings. The van der Waals surface area contributed by atoms with Gasteiger partial charge in [-0.15, -0.1) is 0 Å². The van der Waals surface area contributed by atoms with E-state index in [0.29, 0.717) is 24.6 Å². The molecule has 9 nitrogen and oxygen atoms in total. The minimum Gasteiger partial charge on any atom is -0.481 e. The highest BCUT2D eigenvalue weighted by Gasteiger charge is 2.17. The Bertz CT molecular complexity index is 930. The zero-order valence-corrected chi connectivity index (χ0v) is 15.7. The average Bonchev–Trinajstić information content (AvgIpc) is 3.21. The summed E-state index contributed by atoms with van der Waals surface area (Å²) in [4.78, 5) is 35.6. The van der Waals surface area contributed by atoms with Crippen LogP contribution < -0.4 is 5.32 Å². The Morgan fingerprint density at radius 2 is 1.79 bits per heavy atom. The van der Waals surface area contributed by atoms with E-state index >= 15 is 0 Å². The highest BCUT2D eigenvalue weighted by molar-refractivity contribution is 5.76. The summed E-state index contributed by atoms with van der Waals surface area (Å²) in [5.41, 5.74) is 1.03. The van der Waals surface area contributed by atoms with E-state index in [0.717, 1.165) is 5.56 Å². The third-order valence-corrected chi connectivity index (χ3v) is 4.20. The number of aliphatic carboxylic acids is 1. The van der Waals surface area contributed by atoms with Gasteiger partial charge in [0.05, 0.1) is 0 Å². The first-order valence-electron chi connectivity index (χ1n) is 9.25. The van der Waals surface area contributed by atoms with E-state index in [1.807, 2.05) is 30.3 Å². The Morgan fingerprint density at radius 3 is 2.52 bits per heavy atom. The molecule has 0 aliphatic carbocycles. The minimum atomic E-state index is -0.890. The predicted molar refractivity (Wildman–Crippen MR) is 103 cm³/mol. The van der Waals surface area contributed by atoms with Crippen LogP contribution in [0.4, 0.5) is 0 Å². The van der Waals surface area contributed by atoms with Crippen molar-refractivity contribution in [3.63, 3.8) is 0 Å².